The maximum atomic E-state index is 12.7. The number of pyridine rings is 1. The molecular formula is C21H24BrF3N4O. The lowest BCUT2D eigenvalue weighted by molar-refractivity contribution is -0.137. The van der Waals surface area contributed by atoms with Gasteiger partial charge in [-0.1, -0.05) is 6.07 Å². The molecule has 0 saturated carbocycles. The highest BCUT2D eigenvalue weighted by molar-refractivity contribution is 9.10. The Morgan fingerprint density at radius 1 is 1.17 bits per heavy atom. The van der Waals surface area contributed by atoms with Crippen molar-refractivity contribution in [3.8, 4) is 0 Å². The summed E-state index contributed by atoms with van der Waals surface area (Å²) in [5, 5.41) is 2.96. The van der Waals surface area contributed by atoms with E-state index in [-0.39, 0.29) is 11.9 Å². The second-order valence-electron chi connectivity index (χ2n) is 7.43. The fourth-order valence-electron chi connectivity index (χ4n) is 3.42. The van der Waals surface area contributed by atoms with E-state index in [9.17, 15) is 18.0 Å². The van der Waals surface area contributed by atoms with Gasteiger partial charge in [-0.3, -0.25) is 9.69 Å². The van der Waals surface area contributed by atoms with Gasteiger partial charge in [0.05, 0.1) is 17.3 Å². The van der Waals surface area contributed by atoms with E-state index in [1.807, 2.05) is 36.9 Å². The van der Waals surface area contributed by atoms with Crippen LogP contribution < -0.4 is 10.2 Å². The van der Waals surface area contributed by atoms with Gasteiger partial charge in [0.2, 0.25) is 5.91 Å². The molecule has 0 aliphatic carbocycles. The Bertz CT molecular complexity index is 889. The molecule has 1 aromatic carbocycles. The van der Waals surface area contributed by atoms with Crippen LogP contribution >= 0.6 is 15.9 Å². The monoisotopic (exact) mass is 484 g/mol. The molecule has 1 amide bonds. The first-order valence-electron chi connectivity index (χ1n) is 9.74. The second-order valence-corrected chi connectivity index (χ2v) is 8.28. The summed E-state index contributed by atoms with van der Waals surface area (Å²) in [6.07, 6.45) is -2.74. The number of anilines is 2. The van der Waals surface area contributed by atoms with Gasteiger partial charge in [0.15, 0.2) is 0 Å². The molecule has 1 fully saturated rings. The number of amides is 1. The van der Waals surface area contributed by atoms with E-state index in [4.69, 9.17) is 0 Å². The molecule has 0 radical (unpaired) electrons. The summed E-state index contributed by atoms with van der Waals surface area (Å²) in [4.78, 5) is 20.8. The maximum Gasteiger partial charge on any atom is 0.417 e. The number of aryl methyl sites for hydroxylation is 1. The van der Waals surface area contributed by atoms with Crippen molar-refractivity contribution in [3.63, 3.8) is 0 Å². The van der Waals surface area contributed by atoms with E-state index in [2.05, 4.69) is 31.1 Å². The highest BCUT2D eigenvalue weighted by Gasteiger charge is 2.31. The molecule has 1 aliphatic heterocycles. The number of benzene rings is 1. The van der Waals surface area contributed by atoms with Gasteiger partial charge in [-0.2, -0.15) is 13.2 Å². The molecule has 5 nitrogen and oxygen atoms in total. The van der Waals surface area contributed by atoms with E-state index in [0.29, 0.717) is 25.5 Å². The molecule has 1 aliphatic rings. The van der Waals surface area contributed by atoms with Gasteiger partial charge in [0, 0.05) is 36.8 Å². The number of halogens is 4. The highest BCUT2D eigenvalue weighted by Crippen LogP contribution is 2.29. The summed E-state index contributed by atoms with van der Waals surface area (Å²) in [5.41, 5.74) is 1.07. The minimum Gasteiger partial charge on any atom is -0.355 e. The number of hydrogen-bond donors (Lipinski definition) is 1. The molecule has 9 heteroatoms. The summed E-state index contributed by atoms with van der Waals surface area (Å²) in [6.45, 7) is 6.45. The minimum atomic E-state index is -4.39. The van der Waals surface area contributed by atoms with Crippen LogP contribution in [0.5, 0.6) is 0 Å². The Kier molecular flexibility index (Phi) is 7.02. The lowest BCUT2D eigenvalue weighted by Crippen LogP contribution is -2.44. The third-order valence-electron chi connectivity index (χ3n) is 5.24. The molecule has 0 bridgehead atoms. The molecule has 1 atom stereocenters. The fraction of sp³-hybridized carbons (Fsp3) is 0.429. The number of alkyl halides is 3. The molecule has 1 aromatic heterocycles. The van der Waals surface area contributed by atoms with E-state index < -0.39 is 11.7 Å². The summed E-state index contributed by atoms with van der Waals surface area (Å²) in [5.74, 6) is 0.422. The lowest BCUT2D eigenvalue weighted by Gasteiger charge is -2.27. The predicted molar refractivity (Wildman–Crippen MR) is 115 cm³/mol. The number of carbonyl (C=O) groups is 1. The molecule has 1 saturated heterocycles. The van der Waals surface area contributed by atoms with Crippen LogP contribution in [0.2, 0.25) is 0 Å². The smallest absolute Gasteiger partial charge is 0.355 e. The molecule has 3 rings (SSSR count). The third-order valence-corrected chi connectivity index (χ3v) is 5.90. The van der Waals surface area contributed by atoms with Crippen molar-refractivity contribution >= 4 is 33.3 Å². The summed E-state index contributed by atoms with van der Waals surface area (Å²) < 4.78 is 39.1. The Balaban J connectivity index is 1.60. The van der Waals surface area contributed by atoms with Crippen LogP contribution in [0, 0.1) is 6.92 Å². The largest absolute Gasteiger partial charge is 0.417 e. The van der Waals surface area contributed by atoms with Crippen LogP contribution in [0.3, 0.4) is 0 Å². The normalized spacial score (nSPS) is 16.8. The summed E-state index contributed by atoms with van der Waals surface area (Å²) >= 11 is 3.47. The first-order valence-corrected chi connectivity index (χ1v) is 10.5. The van der Waals surface area contributed by atoms with E-state index in [1.54, 1.807) is 0 Å². The van der Waals surface area contributed by atoms with E-state index in [1.165, 1.54) is 6.07 Å². The van der Waals surface area contributed by atoms with Crippen LogP contribution in [-0.4, -0.2) is 48.0 Å². The van der Waals surface area contributed by atoms with Gasteiger partial charge in [-0.15, -0.1) is 0 Å². The van der Waals surface area contributed by atoms with Crippen molar-refractivity contribution < 1.29 is 18.0 Å². The summed E-state index contributed by atoms with van der Waals surface area (Å²) in [7, 11) is 0. The number of nitrogens with zero attached hydrogens (tertiary/aromatic N) is 3. The average Bonchev–Trinajstić information content (AvgIpc) is 2.95. The van der Waals surface area contributed by atoms with Crippen LogP contribution in [-0.2, 0) is 11.0 Å². The van der Waals surface area contributed by atoms with Crippen molar-refractivity contribution in [3.05, 3.63) is 52.1 Å². The molecule has 30 heavy (non-hydrogen) atoms. The van der Waals surface area contributed by atoms with Gasteiger partial charge in [-0.25, -0.2) is 4.98 Å². The standard InChI is InChI=1S/C21H24BrF3N4O/c1-14-4-6-18(17(22)12-14)27-20(30)15(2)28-8-3-9-29(11-10-28)19-7-5-16(13-26-19)21(23,24)25/h4-7,12-13,15H,3,8-11H2,1-2H3,(H,27,30)/t15-/m0/s1. The van der Waals surface area contributed by atoms with Gasteiger partial charge < -0.3 is 10.2 Å². The Labute approximate surface area is 182 Å². The fourth-order valence-corrected chi connectivity index (χ4v) is 4.01. The minimum absolute atomic E-state index is 0.0966. The topological polar surface area (TPSA) is 48.5 Å². The Morgan fingerprint density at radius 3 is 2.57 bits per heavy atom. The van der Waals surface area contributed by atoms with Crippen molar-refractivity contribution in [1.29, 1.82) is 0 Å². The third kappa shape index (κ3) is 5.51. The molecule has 2 heterocycles. The van der Waals surface area contributed by atoms with Crippen molar-refractivity contribution in [2.24, 2.45) is 0 Å². The van der Waals surface area contributed by atoms with E-state index in [0.717, 1.165) is 41.0 Å². The zero-order valence-electron chi connectivity index (χ0n) is 16.8. The molecule has 0 spiro atoms. The lowest BCUT2D eigenvalue weighted by atomic mass is 10.2. The SMILES string of the molecule is Cc1ccc(NC(=O)[C@H](C)N2CCCN(c3ccc(C(F)(F)F)cn3)CC2)c(Br)c1. The van der Waals surface area contributed by atoms with Gasteiger partial charge in [-0.05, 0) is 66.0 Å². The van der Waals surface area contributed by atoms with Crippen LogP contribution in [0.15, 0.2) is 41.0 Å². The number of hydrogen-bond acceptors (Lipinski definition) is 4. The molecule has 0 unspecified atom stereocenters. The summed E-state index contributed by atoms with van der Waals surface area (Å²) in [6, 6.07) is 7.88. The second kappa shape index (κ2) is 9.34. The zero-order valence-corrected chi connectivity index (χ0v) is 18.4. The zero-order chi connectivity index (χ0) is 21.9. The Hall–Kier alpha value is -2.13. The first-order chi connectivity index (χ1) is 14.1. The van der Waals surface area contributed by atoms with Crippen molar-refractivity contribution in [1.82, 2.24) is 9.88 Å². The average molecular weight is 485 g/mol. The quantitative estimate of drug-likeness (QED) is 0.682. The predicted octanol–water partition coefficient (Wildman–Crippen LogP) is 4.71. The molecule has 162 valence electrons. The number of nitrogens with one attached hydrogen (secondary N) is 1. The highest BCUT2D eigenvalue weighted by atomic mass is 79.9. The van der Waals surface area contributed by atoms with Crippen LogP contribution in [0.4, 0.5) is 24.7 Å². The van der Waals surface area contributed by atoms with Gasteiger partial charge in [0.25, 0.3) is 0 Å². The number of carbonyl (C=O) groups excluding carboxylic acids is 1. The van der Waals surface area contributed by atoms with Gasteiger partial charge in [0.1, 0.15) is 5.82 Å². The molecule has 1 N–H and O–H groups in total. The number of aromatic nitrogens is 1. The number of rotatable bonds is 4. The van der Waals surface area contributed by atoms with Crippen LogP contribution in [0.25, 0.3) is 0 Å². The molecule has 2 aromatic rings. The van der Waals surface area contributed by atoms with Crippen LogP contribution in [0.1, 0.15) is 24.5 Å². The first kappa shape index (κ1) is 22.6. The Morgan fingerprint density at radius 2 is 1.93 bits per heavy atom. The molecular weight excluding hydrogens is 461 g/mol. The van der Waals surface area contributed by atoms with Crippen molar-refractivity contribution in [2.45, 2.75) is 32.5 Å². The van der Waals surface area contributed by atoms with Crippen molar-refractivity contribution in [2.75, 3.05) is 36.4 Å². The van der Waals surface area contributed by atoms with Gasteiger partial charge >= 0.3 is 6.18 Å². The maximum absolute atomic E-state index is 12.7. The van der Waals surface area contributed by atoms with E-state index >= 15 is 0 Å².